The molecule has 0 bridgehead atoms. The van der Waals surface area contributed by atoms with Crippen LogP contribution < -0.4 is 9.47 Å². The Kier molecular flexibility index (Phi) is 4.80. The van der Waals surface area contributed by atoms with E-state index in [-0.39, 0.29) is 6.04 Å². The molecule has 0 spiro atoms. The second-order valence-electron chi connectivity index (χ2n) is 8.19. The van der Waals surface area contributed by atoms with Crippen LogP contribution >= 0.6 is 0 Å². The Hall–Kier alpha value is -2.72. The molecule has 1 atom stereocenters. The number of hydrogen-bond acceptors (Lipinski definition) is 3. The summed E-state index contributed by atoms with van der Waals surface area (Å²) in [5.74, 6) is 1.73. The molecule has 2 aromatic carbocycles. The largest absolute Gasteiger partial charge is 0.486 e. The van der Waals surface area contributed by atoms with Gasteiger partial charge in [-0.05, 0) is 61.2 Å². The molecular formula is C25H28N2O2. The van der Waals surface area contributed by atoms with E-state index >= 15 is 0 Å². The number of hydrogen-bond donors (Lipinski definition) is 0. The van der Waals surface area contributed by atoms with E-state index in [0.717, 1.165) is 37.6 Å². The average Bonchev–Trinajstić information content (AvgIpc) is 3.12. The highest BCUT2D eigenvalue weighted by Gasteiger charge is 2.29. The standard InChI is InChI=1S/C25H28N2O2/c1-18-6-7-19(2)21(15-18)25-22-5-3-10-26(22)11-4-12-27(25)17-20-8-9-23-24(16-20)29-14-13-28-23/h3,5-10,15-16,25H,4,11-14,17H2,1-2H3. The molecule has 29 heavy (non-hydrogen) atoms. The highest BCUT2D eigenvalue weighted by Crippen LogP contribution is 2.37. The second-order valence-corrected chi connectivity index (χ2v) is 8.19. The SMILES string of the molecule is Cc1ccc(C)c(C2c3cccn3CCCN2Cc2ccc3c(c2)OCCO3)c1. The van der Waals surface area contributed by atoms with Crippen LogP contribution in [0.15, 0.2) is 54.7 Å². The van der Waals surface area contributed by atoms with Crippen LogP contribution in [-0.2, 0) is 13.1 Å². The van der Waals surface area contributed by atoms with Crippen molar-refractivity contribution in [3.63, 3.8) is 0 Å². The number of aryl methyl sites for hydroxylation is 3. The number of benzene rings is 2. The minimum absolute atomic E-state index is 0.251. The molecule has 150 valence electrons. The molecule has 1 aromatic heterocycles. The Morgan fingerprint density at radius 2 is 1.79 bits per heavy atom. The lowest BCUT2D eigenvalue weighted by atomic mass is 9.95. The first-order valence-corrected chi connectivity index (χ1v) is 10.5. The smallest absolute Gasteiger partial charge is 0.161 e. The van der Waals surface area contributed by atoms with Crippen LogP contribution in [0.2, 0.25) is 0 Å². The van der Waals surface area contributed by atoms with Gasteiger partial charge in [0.15, 0.2) is 11.5 Å². The van der Waals surface area contributed by atoms with E-state index in [4.69, 9.17) is 9.47 Å². The molecule has 3 aromatic rings. The first-order valence-electron chi connectivity index (χ1n) is 10.5. The molecule has 3 heterocycles. The van der Waals surface area contributed by atoms with E-state index in [2.05, 4.69) is 78.0 Å². The fraction of sp³-hybridized carbons (Fsp3) is 0.360. The van der Waals surface area contributed by atoms with Crippen LogP contribution in [0.25, 0.3) is 0 Å². The predicted octanol–water partition coefficient (Wildman–Crippen LogP) is 4.87. The molecule has 2 aliphatic heterocycles. The molecule has 0 saturated heterocycles. The third-order valence-corrected chi connectivity index (χ3v) is 6.08. The molecule has 0 N–H and O–H groups in total. The van der Waals surface area contributed by atoms with Gasteiger partial charge in [0.2, 0.25) is 0 Å². The summed E-state index contributed by atoms with van der Waals surface area (Å²) >= 11 is 0. The Bertz CT molecular complexity index is 1020. The van der Waals surface area contributed by atoms with E-state index in [1.807, 2.05) is 0 Å². The van der Waals surface area contributed by atoms with Gasteiger partial charge in [0.05, 0.1) is 6.04 Å². The quantitative estimate of drug-likeness (QED) is 0.640. The van der Waals surface area contributed by atoms with Gasteiger partial charge in [0, 0.05) is 31.5 Å². The van der Waals surface area contributed by atoms with Crippen molar-refractivity contribution in [2.45, 2.75) is 39.4 Å². The number of fused-ring (bicyclic) bond motifs is 2. The van der Waals surface area contributed by atoms with Crippen molar-refractivity contribution in [1.82, 2.24) is 9.47 Å². The van der Waals surface area contributed by atoms with Crippen molar-refractivity contribution in [2.24, 2.45) is 0 Å². The summed E-state index contributed by atoms with van der Waals surface area (Å²) in [6.07, 6.45) is 3.37. The zero-order chi connectivity index (χ0) is 19.8. The lowest BCUT2D eigenvalue weighted by molar-refractivity contribution is 0.170. The topological polar surface area (TPSA) is 26.6 Å². The molecule has 1 unspecified atom stereocenters. The summed E-state index contributed by atoms with van der Waals surface area (Å²) in [6, 6.07) is 17.9. The summed E-state index contributed by atoms with van der Waals surface area (Å²) in [5.41, 5.74) is 6.72. The third kappa shape index (κ3) is 3.53. The molecule has 5 rings (SSSR count). The lowest BCUT2D eigenvalue weighted by Crippen LogP contribution is -2.30. The van der Waals surface area contributed by atoms with Crippen molar-refractivity contribution >= 4 is 0 Å². The van der Waals surface area contributed by atoms with Gasteiger partial charge in [-0.25, -0.2) is 0 Å². The van der Waals surface area contributed by atoms with Gasteiger partial charge in [-0.3, -0.25) is 4.90 Å². The van der Waals surface area contributed by atoms with Gasteiger partial charge in [0.1, 0.15) is 13.2 Å². The number of ether oxygens (including phenoxy) is 2. The molecular weight excluding hydrogens is 360 g/mol. The van der Waals surface area contributed by atoms with E-state index < -0.39 is 0 Å². The van der Waals surface area contributed by atoms with E-state index in [1.165, 1.54) is 27.9 Å². The molecule has 4 nitrogen and oxygen atoms in total. The van der Waals surface area contributed by atoms with Gasteiger partial charge in [-0.2, -0.15) is 0 Å². The lowest BCUT2D eigenvalue weighted by Gasteiger charge is -2.32. The molecule has 4 heteroatoms. The van der Waals surface area contributed by atoms with Crippen molar-refractivity contribution in [3.05, 3.63) is 82.7 Å². The zero-order valence-corrected chi connectivity index (χ0v) is 17.2. The summed E-state index contributed by atoms with van der Waals surface area (Å²) in [7, 11) is 0. The minimum atomic E-state index is 0.251. The zero-order valence-electron chi connectivity index (χ0n) is 17.2. The molecule has 0 radical (unpaired) electrons. The van der Waals surface area contributed by atoms with Crippen LogP contribution in [0.5, 0.6) is 11.5 Å². The molecule has 0 amide bonds. The second kappa shape index (κ2) is 7.60. The highest BCUT2D eigenvalue weighted by molar-refractivity contribution is 5.44. The van der Waals surface area contributed by atoms with E-state index in [1.54, 1.807) is 0 Å². The van der Waals surface area contributed by atoms with Crippen LogP contribution in [0, 0.1) is 13.8 Å². The highest BCUT2D eigenvalue weighted by atomic mass is 16.6. The fourth-order valence-corrected chi connectivity index (χ4v) is 4.64. The van der Waals surface area contributed by atoms with Crippen LogP contribution in [-0.4, -0.2) is 29.2 Å². The summed E-state index contributed by atoms with van der Waals surface area (Å²) in [6.45, 7) is 8.69. The third-order valence-electron chi connectivity index (χ3n) is 6.08. The molecule has 0 saturated carbocycles. The molecule has 0 aliphatic carbocycles. The number of rotatable bonds is 3. The van der Waals surface area contributed by atoms with Crippen molar-refractivity contribution in [3.8, 4) is 11.5 Å². The molecule has 2 aliphatic rings. The van der Waals surface area contributed by atoms with Gasteiger partial charge in [-0.1, -0.05) is 29.8 Å². The van der Waals surface area contributed by atoms with Crippen LogP contribution in [0.3, 0.4) is 0 Å². The Morgan fingerprint density at radius 3 is 2.69 bits per heavy atom. The summed E-state index contributed by atoms with van der Waals surface area (Å²) in [4.78, 5) is 2.62. The number of aromatic nitrogens is 1. The Balaban J connectivity index is 1.54. The van der Waals surface area contributed by atoms with Gasteiger partial charge >= 0.3 is 0 Å². The van der Waals surface area contributed by atoms with Crippen molar-refractivity contribution in [1.29, 1.82) is 0 Å². The maximum Gasteiger partial charge on any atom is 0.161 e. The first kappa shape index (κ1) is 18.3. The van der Waals surface area contributed by atoms with E-state index in [0.29, 0.717) is 13.2 Å². The summed E-state index contributed by atoms with van der Waals surface area (Å²) in [5, 5.41) is 0. The van der Waals surface area contributed by atoms with Gasteiger partial charge < -0.3 is 14.0 Å². The van der Waals surface area contributed by atoms with Crippen LogP contribution in [0.1, 0.15) is 40.4 Å². The van der Waals surface area contributed by atoms with E-state index in [9.17, 15) is 0 Å². The van der Waals surface area contributed by atoms with Crippen molar-refractivity contribution < 1.29 is 9.47 Å². The fourth-order valence-electron chi connectivity index (χ4n) is 4.64. The number of nitrogens with zero attached hydrogens (tertiary/aromatic N) is 2. The maximum atomic E-state index is 5.82. The Morgan fingerprint density at radius 1 is 0.931 bits per heavy atom. The minimum Gasteiger partial charge on any atom is -0.486 e. The first-order chi connectivity index (χ1) is 14.2. The summed E-state index contributed by atoms with van der Waals surface area (Å²) < 4.78 is 13.9. The van der Waals surface area contributed by atoms with Gasteiger partial charge in [-0.15, -0.1) is 0 Å². The Labute approximate surface area is 172 Å². The normalized spacial score (nSPS) is 18.9. The van der Waals surface area contributed by atoms with Crippen LogP contribution in [0.4, 0.5) is 0 Å². The van der Waals surface area contributed by atoms with Gasteiger partial charge in [0.25, 0.3) is 0 Å². The monoisotopic (exact) mass is 388 g/mol. The predicted molar refractivity (Wildman–Crippen MR) is 115 cm³/mol. The van der Waals surface area contributed by atoms with Crippen molar-refractivity contribution in [2.75, 3.05) is 19.8 Å². The molecule has 0 fully saturated rings. The maximum absolute atomic E-state index is 5.82. The average molecular weight is 389 g/mol.